The third kappa shape index (κ3) is 5.80. The zero-order valence-corrected chi connectivity index (χ0v) is 17.4. The summed E-state index contributed by atoms with van der Waals surface area (Å²) in [5, 5.41) is 2.29. The van der Waals surface area contributed by atoms with E-state index in [2.05, 4.69) is 40.2 Å². The first-order valence-electron chi connectivity index (χ1n) is 10.3. The molecule has 1 saturated heterocycles. The van der Waals surface area contributed by atoms with Crippen molar-refractivity contribution in [2.75, 3.05) is 40.3 Å². The van der Waals surface area contributed by atoms with E-state index in [1.54, 1.807) is 0 Å². The highest BCUT2D eigenvalue weighted by Crippen LogP contribution is 2.25. The number of carbonyl (C=O) groups excluding carboxylic acids is 1. The van der Waals surface area contributed by atoms with Crippen LogP contribution in [0, 0.1) is 5.92 Å². The van der Waals surface area contributed by atoms with Crippen LogP contribution in [0.2, 0.25) is 0 Å². The van der Waals surface area contributed by atoms with Crippen LogP contribution in [0.3, 0.4) is 0 Å². The topological polar surface area (TPSA) is 26.8 Å². The van der Waals surface area contributed by atoms with E-state index >= 15 is 0 Å². The second kappa shape index (κ2) is 9.86. The molecule has 2 aliphatic rings. The minimum Gasteiger partial charge on any atom is -0.341 e. The molecule has 0 spiro atoms. The predicted octanol–water partition coefficient (Wildman–Crippen LogP) is 3.81. The van der Waals surface area contributed by atoms with Gasteiger partial charge in [-0.1, -0.05) is 25.7 Å². The number of hydrogen-bond donors (Lipinski definition) is 0. The van der Waals surface area contributed by atoms with Crippen molar-refractivity contribution >= 4 is 17.2 Å². The molecule has 1 aliphatic heterocycles. The molecule has 0 radical (unpaired) electrons. The zero-order valence-electron chi connectivity index (χ0n) is 16.6. The highest BCUT2D eigenvalue weighted by atomic mass is 32.1. The Balaban J connectivity index is 1.49. The third-order valence-electron chi connectivity index (χ3n) is 5.69. The van der Waals surface area contributed by atoms with Gasteiger partial charge in [-0.05, 0) is 50.4 Å². The average molecular weight is 378 g/mol. The molecule has 2 heterocycles. The Bertz CT molecular complexity index is 563. The van der Waals surface area contributed by atoms with Crippen molar-refractivity contribution in [1.29, 1.82) is 0 Å². The molecule has 1 aromatic heterocycles. The molecule has 4 nitrogen and oxygen atoms in total. The van der Waals surface area contributed by atoms with E-state index in [0.717, 1.165) is 58.5 Å². The summed E-state index contributed by atoms with van der Waals surface area (Å²) in [5.41, 5.74) is 1.41. The largest absolute Gasteiger partial charge is 0.341 e. The van der Waals surface area contributed by atoms with E-state index in [1.807, 2.05) is 11.3 Å². The van der Waals surface area contributed by atoms with Gasteiger partial charge in [0.1, 0.15) is 0 Å². The minimum atomic E-state index is 0.301. The Morgan fingerprint density at radius 2 is 1.85 bits per heavy atom. The number of amides is 1. The standard InChI is InChI=1S/C21H35N3OS/c1-22(2)15-18-14-20(26-17-18)16-23-10-7-11-24(13-12-23)21(25)19-8-5-3-4-6-9-19/h14,17,19H,3-13,15-16H2,1-2H3. The normalized spacial score (nSPS) is 21.0. The molecule has 0 aromatic carbocycles. The summed E-state index contributed by atoms with van der Waals surface area (Å²) in [4.78, 5) is 21.3. The maximum absolute atomic E-state index is 12.9. The van der Waals surface area contributed by atoms with E-state index in [4.69, 9.17) is 0 Å². The summed E-state index contributed by atoms with van der Waals surface area (Å²) in [5.74, 6) is 0.744. The van der Waals surface area contributed by atoms with Gasteiger partial charge in [-0.2, -0.15) is 0 Å². The molecule has 5 heteroatoms. The van der Waals surface area contributed by atoms with E-state index in [-0.39, 0.29) is 0 Å². The fraction of sp³-hybridized carbons (Fsp3) is 0.762. The summed E-state index contributed by atoms with van der Waals surface area (Å²) in [6, 6.07) is 2.35. The van der Waals surface area contributed by atoms with Crippen LogP contribution >= 0.6 is 11.3 Å². The van der Waals surface area contributed by atoms with Gasteiger partial charge in [0.05, 0.1) is 0 Å². The molecule has 146 valence electrons. The number of nitrogens with zero attached hydrogens (tertiary/aromatic N) is 3. The molecule has 26 heavy (non-hydrogen) atoms. The van der Waals surface area contributed by atoms with Crippen molar-refractivity contribution in [2.24, 2.45) is 5.92 Å². The SMILES string of the molecule is CN(C)Cc1csc(CN2CCCN(C(=O)C3CCCCCC3)CC2)c1. The van der Waals surface area contributed by atoms with Gasteiger partial charge < -0.3 is 9.80 Å². The summed E-state index contributed by atoms with van der Waals surface area (Å²) < 4.78 is 0. The van der Waals surface area contributed by atoms with Gasteiger partial charge in [0.25, 0.3) is 0 Å². The van der Waals surface area contributed by atoms with Gasteiger partial charge in [-0.15, -0.1) is 11.3 Å². The first-order valence-corrected chi connectivity index (χ1v) is 11.2. The fourth-order valence-electron chi connectivity index (χ4n) is 4.31. The lowest BCUT2D eigenvalue weighted by Crippen LogP contribution is -2.38. The van der Waals surface area contributed by atoms with Gasteiger partial charge in [0.15, 0.2) is 0 Å². The minimum absolute atomic E-state index is 0.301. The van der Waals surface area contributed by atoms with Gasteiger partial charge in [-0.3, -0.25) is 9.69 Å². The molecule has 0 atom stereocenters. The van der Waals surface area contributed by atoms with Crippen molar-refractivity contribution in [3.05, 3.63) is 21.9 Å². The molecule has 1 aromatic rings. The fourth-order valence-corrected chi connectivity index (χ4v) is 5.23. The van der Waals surface area contributed by atoms with Crippen LogP contribution in [0.25, 0.3) is 0 Å². The molecule has 0 unspecified atom stereocenters. The summed E-state index contributed by atoms with van der Waals surface area (Å²) in [6.07, 6.45) is 8.44. The molecule has 1 aliphatic carbocycles. The van der Waals surface area contributed by atoms with Crippen LogP contribution in [-0.2, 0) is 17.9 Å². The van der Waals surface area contributed by atoms with Gasteiger partial charge in [0.2, 0.25) is 5.91 Å². The summed E-state index contributed by atoms with van der Waals surface area (Å²) >= 11 is 1.88. The number of hydrogen-bond acceptors (Lipinski definition) is 4. The average Bonchev–Trinajstić information content (AvgIpc) is 2.83. The van der Waals surface area contributed by atoms with Gasteiger partial charge in [0, 0.05) is 50.1 Å². The number of rotatable bonds is 5. The van der Waals surface area contributed by atoms with Crippen molar-refractivity contribution < 1.29 is 4.79 Å². The molecular weight excluding hydrogens is 342 g/mol. The quantitative estimate of drug-likeness (QED) is 0.730. The second-order valence-electron chi connectivity index (χ2n) is 8.30. The second-order valence-corrected chi connectivity index (χ2v) is 9.30. The lowest BCUT2D eigenvalue weighted by molar-refractivity contribution is -0.135. The highest BCUT2D eigenvalue weighted by molar-refractivity contribution is 7.10. The Morgan fingerprint density at radius 1 is 1.08 bits per heavy atom. The van der Waals surface area contributed by atoms with Crippen molar-refractivity contribution in [3.63, 3.8) is 0 Å². The Labute approximate surface area is 163 Å². The lowest BCUT2D eigenvalue weighted by Gasteiger charge is -2.26. The molecule has 3 rings (SSSR count). The zero-order chi connectivity index (χ0) is 18.4. The van der Waals surface area contributed by atoms with E-state index in [9.17, 15) is 4.79 Å². The number of thiophene rings is 1. The van der Waals surface area contributed by atoms with Crippen LogP contribution in [0.4, 0.5) is 0 Å². The van der Waals surface area contributed by atoms with Crippen LogP contribution in [0.15, 0.2) is 11.4 Å². The molecule has 1 amide bonds. The molecule has 2 fully saturated rings. The van der Waals surface area contributed by atoms with E-state index in [0.29, 0.717) is 11.8 Å². The maximum atomic E-state index is 12.9. The summed E-state index contributed by atoms with van der Waals surface area (Å²) in [7, 11) is 4.23. The molecule has 0 bridgehead atoms. The van der Waals surface area contributed by atoms with Crippen molar-refractivity contribution in [1.82, 2.24) is 14.7 Å². The third-order valence-corrected chi connectivity index (χ3v) is 6.66. The molecular formula is C21H35N3OS. The first kappa shape index (κ1) is 19.8. The van der Waals surface area contributed by atoms with E-state index < -0.39 is 0 Å². The molecule has 1 saturated carbocycles. The van der Waals surface area contributed by atoms with Crippen LogP contribution in [0.5, 0.6) is 0 Å². The molecule has 0 N–H and O–H groups in total. The maximum Gasteiger partial charge on any atom is 0.225 e. The number of carbonyl (C=O) groups is 1. The van der Waals surface area contributed by atoms with Crippen LogP contribution < -0.4 is 0 Å². The van der Waals surface area contributed by atoms with Gasteiger partial charge >= 0.3 is 0 Å². The monoisotopic (exact) mass is 377 g/mol. The van der Waals surface area contributed by atoms with Crippen molar-refractivity contribution in [3.8, 4) is 0 Å². The predicted molar refractivity (Wildman–Crippen MR) is 109 cm³/mol. The lowest BCUT2D eigenvalue weighted by atomic mass is 9.98. The Hall–Kier alpha value is -0.910. The Kier molecular flexibility index (Phi) is 7.52. The van der Waals surface area contributed by atoms with E-state index in [1.165, 1.54) is 36.1 Å². The summed E-state index contributed by atoms with van der Waals surface area (Å²) in [6.45, 7) is 6.02. The first-order chi connectivity index (χ1) is 12.6. The van der Waals surface area contributed by atoms with Gasteiger partial charge in [-0.25, -0.2) is 0 Å². The Morgan fingerprint density at radius 3 is 2.58 bits per heavy atom. The van der Waals surface area contributed by atoms with Crippen LogP contribution in [0.1, 0.15) is 55.4 Å². The smallest absolute Gasteiger partial charge is 0.225 e. The highest BCUT2D eigenvalue weighted by Gasteiger charge is 2.26. The van der Waals surface area contributed by atoms with Crippen molar-refractivity contribution in [2.45, 2.75) is 58.0 Å². The van der Waals surface area contributed by atoms with Crippen LogP contribution in [-0.4, -0.2) is 60.9 Å².